The van der Waals surface area contributed by atoms with Gasteiger partial charge in [0.15, 0.2) is 0 Å². The Bertz CT molecular complexity index is 561. The average molecular weight is 348 g/mol. The monoisotopic (exact) mass is 348 g/mol. The number of para-hydroxylation sites is 1. The van der Waals surface area contributed by atoms with E-state index in [0.29, 0.717) is 13.2 Å². The maximum absolute atomic E-state index is 12.4. The molecule has 1 aliphatic carbocycles. The van der Waals surface area contributed by atoms with Gasteiger partial charge in [0.05, 0.1) is 0 Å². The Hall–Kier alpha value is -1.75. The van der Waals surface area contributed by atoms with Crippen LogP contribution in [-0.2, 0) is 4.74 Å². The molecule has 0 spiro atoms. The van der Waals surface area contributed by atoms with Gasteiger partial charge in [0, 0.05) is 13.1 Å². The lowest BCUT2D eigenvalue weighted by Crippen LogP contribution is -2.50. The Morgan fingerprint density at radius 2 is 1.88 bits per heavy atom. The summed E-state index contributed by atoms with van der Waals surface area (Å²) < 4.78 is 10.9. The van der Waals surface area contributed by atoms with E-state index in [9.17, 15) is 4.79 Å². The first kappa shape index (κ1) is 19.6. The minimum Gasteiger partial charge on any atom is -0.490 e. The van der Waals surface area contributed by atoms with Gasteiger partial charge >= 0.3 is 6.09 Å². The van der Waals surface area contributed by atoms with Gasteiger partial charge in [-0.1, -0.05) is 39.0 Å². The van der Waals surface area contributed by atoms with Gasteiger partial charge in [0.25, 0.3) is 0 Å². The minimum absolute atomic E-state index is 0.0668. The van der Waals surface area contributed by atoms with Crippen LogP contribution >= 0.6 is 0 Å². The molecule has 2 rings (SSSR count). The van der Waals surface area contributed by atoms with E-state index in [1.54, 1.807) is 4.90 Å². The van der Waals surface area contributed by atoms with Crippen LogP contribution in [0.2, 0.25) is 0 Å². The fourth-order valence-electron chi connectivity index (χ4n) is 4.06. The van der Waals surface area contributed by atoms with Crippen molar-refractivity contribution >= 4 is 6.09 Å². The molecule has 140 valence electrons. The number of hydrogen-bond acceptors (Lipinski definition) is 4. The number of nitrogens with two attached hydrogens (primary N) is 1. The first-order chi connectivity index (χ1) is 11.7. The van der Waals surface area contributed by atoms with Gasteiger partial charge in [-0.15, -0.1) is 0 Å². The summed E-state index contributed by atoms with van der Waals surface area (Å²) in [7, 11) is 1.82. The number of rotatable bonds is 6. The number of hydrogen-bond donors (Lipinski definition) is 1. The smallest absolute Gasteiger partial charge is 0.409 e. The highest BCUT2D eigenvalue weighted by Crippen LogP contribution is 2.46. The van der Waals surface area contributed by atoms with Crippen molar-refractivity contribution < 1.29 is 14.3 Å². The molecule has 5 nitrogen and oxygen atoms in total. The van der Waals surface area contributed by atoms with Crippen molar-refractivity contribution in [2.24, 2.45) is 16.6 Å². The van der Waals surface area contributed by atoms with E-state index in [-0.39, 0.29) is 29.6 Å². The van der Waals surface area contributed by atoms with Gasteiger partial charge in [-0.05, 0) is 48.8 Å². The van der Waals surface area contributed by atoms with Crippen LogP contribution < -0.4 is 10.5 Å². The van der Waals surface area contributed by atoms with Gasteiger partial charge in [-0.2, -0.15) is 0 Å². The lowest BCUT2D eigenvalue weighted by molar-refractivity contribution is 0.0206. The van der Waals surface area contributed by atoms with Crippen molar-refractivity contribution in [2.75, 3.05) is 26.8 Å². The van der Waals surface area contributed by atoms with Crippen LogP contribution in [-0.4, -0.2) is 43.8 Å². The Morgan fingerprint density at radius 1 is 1.20 bits per heavy atom. The maximum atomic E-state index is 12.4. The predicted molar refractivity (Wildman–Crippen MR) is 99.6 cm³/mol. The highest BCUT2D eigenvalue weighted by atomic mass is 16.6. The standard InChI is InChI=1S/C20H32N2O3/c1-19(2)12-16(13-20(3,14-19)15-21)22(4)18(23)25-11-10-24-17-8-6-5-7-9-17/h5-9,16H,10-15,21H2,1-4H3. The summed E-state index contributed by atoms with van der Waals surface area (Å²) in [6.07, 6.45) is 2.67. The van der Waals surface area contributed by atoms with Crippen molar-refractivity contribution in [3.05, 3.63) is 30.3 Å². The lowest BCUT2D eigenvalue weighted by Gasteiger charge is -2.48. The molecule has 1 amide bonds. The molecular formula is C20H32N2O3. The third kappa shape index (κ3) is 5.63. The number of benzene rings is 1. The third-order valence-electron chi connectivity index (χ3n) is 5.07. The lowest BCUT2D eigenvalue weighted by atomic mass is 9.62. The van der Waals surface area contributed by atoms with Crippen LogP contribution in [0.4, 0.5) is 4.79 Å². The van der Waals surface area contributed by atoms with Crippen LogP contribution in [0.15, 0.2) is 30.3 Å². The topological polar surface area (TPSA) is 64.8 Å². The second kappa shape index (κ2) is 8.09. The van der Waals surface area contributed by atoms with Crippen LogP contribution in [0, 0.1) is 10.8 Å². The summed E-state index contributed by atoms with van der Waals surface area (Å²) in [4.78, 5) is 14.1. The second-order valence-electron chi connectivity index (χ2n) is 8.30. The fourth-order valence-corrected chi connectivity index (χ4v) is 4.06. The van der Waals surface area contributed by atoms with Crippen LogP contribution in [0.3, 0.4) is 0 Å². The molecule has 2 atom stereocenters. The van der Waals surface area contributed by atoms with Gasteiger partial charge in [-0.25, -0.2) is 4.79 Å². The Morgan fingerprint density at radius 3 is 2.52 bits per heavy atom. The first-order valence-corrected chi connectivity index (χ1v) is 9.02. The first-order valence-electron chi connectivity index (χ1n) is 9.02. The van der Waals surface area contributed by atoms with Gasteiger partial charge in [0.2, 0.25) is 0 Å². The summed E-state index contributed by atoms with van der Waals surface area (Å²) in [5.41, 5.74) is 6.23. The molecule has 1 aromatic carbocycles. The SMILES string of the molecule is CN(C(=O)OCCOc1ccccc1)C1CC(C)(C)CC(C)(CN)C1. The highest BCUT2D eigenvalue weighted by molar-refractivity contribution is 5.67. The molecule has 25 heavy (non-hydrogen) atoms. The molecule has 1 aliphatic rings. The van der Waals surface area contributed by atoms with Crippen LogP contribution in [0.25, 0.3) is 0 Å². The number of ether oxygens (including phenoxy) is 2. The summed E-state index contributed by atoms with van der Waals surface area (Å²) >= 11 is 0. The fraction of sp³-hybridized carbons (Fsp3) is 0.650. The molecule has 0 aliphatic heterocycles. The molecule has 5 heteroatoms. The molecule has 0 bridgehead atoms. The molecule has 0 heterocycles. The maximum Gasteiger partial charge on any atom is 0.409 e. The number of carbonyl (C=O) groups is 1. The van der Waals surface area contributed by atoms with Gasteiger partial charge in [0.1, 0.15) is 19.0 Å². The summed E-state index contributed by atoms with van der Waals surface area (Å²) in [5, 5.41) is 0. The molecule has 1 aromatic rings. The molecule has 0 saturated heterocycles. The van der Waals surface area contributed by atoms with Crippen molar-refractivity contribution in [2.45, 2.75) is 46.1 Å². The number of amides is 1. The van der Waals surface area contributed by atoms with Gasteiger partial charge < -0.3 is 20.1 Å². The van der Waals surface area contributed by atoms with E-state index >= 15 is 0 Å². The minimum atomic E-state index is -0.293. The number of carbonyl (C=O) groups excluding carboxylic acids is 1. The molecule has 2 N–H and O–H groups in total. The summed E-state index contributed by atoms with van der Waals surface area (Å²) in [6.45, 7) is 7.94. The second-order valence-corrected chi connectivity index (χ2v) is 8.30. The van der Waals surface area contributed by atoms with E-state index < -0.39 is 0 Å². The summed E-state index contributed by atoms with van der Waals surface area (Å²) in [5.74, 6) is 0.777. The van der Waals surface area contributed by atoms with Crippen LogP contribution in [0.1, 0.15) is 40.0 Å². The van der Waals surface area contributed by atoms with E-state index in [1.165, 1.54) is 0 Å². The zero-order valence-electron chi connectivity index (χ0n) is 16.0. The van der Waals surface area contributed by atoms with Gasteiger partial charge in [-0.3, -0.25) is 0 Å². The van der Waals surface area contributed by atoms with E-state index in [4.69, 9.17) is 15.2 Å². The van der Waals surface area contributed by atoms with E-state index in [2.05, 4.69) is 20.8 Å². The Kier molecular flexibility index (Phi) is 6.33. The van der Waals surface area contributed by atoms with Crippen molar-refractivity contribution in [3.8, 4) is 5.75 Å². The van der Waals surface area contributed by atoms with E-state index in [1.807, 2.05) is 37.4 Å². The Labute approximate surface area is 151 Å². The summed E-state index contributed by atoms with van der Waals surface area (Å²) in [6, 6.07) is 9.67. The average Bonchev–Trinajstić information content (AvgIpc) is 2.57. The van der Waals surface area contributed by atoms with Crippen molar-refractivity contribution in [1.82, 2.24) is 4.90 Å². The quantitative estimate of drug-likeness (QED) is 0.797. The molecule has 1 saturated carbocycles. The molecule has 0 radical (unpaired) electrons. The van der Waals surface area contributed by atoms with Crippen molar-refractivity contribution in [3.63, 3.8) is 0 Å². The molecule has 2 unspecified atom stereocenters. The Balaban J connectivity index is 1.82. The molecule has 1 fully saturated rings. The third-order valence-corrected chi connectivity index (χ3v) is 5.07. The highest BCUT2D eigenvalue weighted by Gasteiger charge is 2.42. The zero-order valence-corrected chi connectivity index (χ0v) is 16.0. The molecular weight excluding hydrogens is 316 g/mol. The largest absolute Gasteiger partial charge is 0.490 e. The van der Waals surface area contributed by atoms with Crippen molar-refractivity contribution in [1.29, 1.82) is 0 Å². The van der Waals surface area contributed by atoms with E-state index in [0.717, 1.165) is 25.0 Å². The number of nitrogens with zero attached hydrogens (tertiary/aromatic N) is 1. The molecule has 0 aromatic heterocycles. The van der Waals surface area contributed by atoms with Crippen LogP contribution in [0.5, 0.6) is 5.75 Å². The normalized spacial score (nSPS) is 25.2. The predicted octanol–water partition coefficient (Wildman–Crippen LogP) is 3.68. The zero-order chi connectivity index (χ0) is 18.5.